The quantitative estimate of drug-likeness (QED) is 0.643. The minimum atomic E-state index is -0.382. The van der Waals surface area contributed by atoms with Crippen LogP contribution in [0.15, 0.2) is 34.2 Å². The van der Waals surface area contributed by atoms with E-state index in [-0.39, 0.29) is 29.1 Å². The van der Waals surface area contributed by atoms with Crippen molar-refractivity contribution in [1.82, 2.24) is 14.8 Å². The van der Waals surface area contributed by atoms with Gasteiger partial charge in [-0.3, -0.25) is 9.36 Å². The Kier molecular flexibility index (Phi) is 4.92. The van der Waals surface area contributed by atoms with Crippen LogP contribution in [-0.4, -0.2) is 39.0 Å². The summed E-state index contributed by atoms with van der Waals surface area (Å²) in [6.07, 6.45) is 1.91. The Labute approximate surface area is 136 Å². The molecular weight excluding hydrogens is 321 g/mol. The summed E-state index contributed by atoms with van der Waals surface area (Å²) in [6.45, 7) is 1.14. The van der Waals surface area contributed by atoms with Crippen molar-refractivity contribution >= 4 is 17.5 Å². The van der Waals surface area contributed by atoms with Crippen molar-refractivity contribution in [3.05, 3.63) is 46.1 Å². The second-order valence-electron chi connectivity index (χ2n) is 5.28. The number of halogens is 1. The van der Waals surface area contributed by atoms with Gasteiger partial charge in [0.1, 0.15) is 5.82 Å². The molecule has 2 aromatic rings. The van der Waals surface area contributed by atoms with Crippen molar-refractivity contribution in [2.24, 2.45) is 0 Å². The summed E-state index contributed by atoms with van der Waals surface area (Å²) in [4.78, 5) is 23.9. The van der Waals surface area contributed by atoms with Gasteiger partial charge in [0.25, 0.3) is 0 Å². The van der Waals surface area contributed by atoms with Gasteiger partial charge in [-0.1, -0.05) is 11.8 Å². The average molecular weight is 337 g/mol. The number of ether oxygens (including phenoxy) is 1. The highest BCUT2D eigenvalue weighted by Gasteiger charge is 2.20. The lowest BCUT2D eigenvalue weighted by Gasteiger charge is -2.10. The molecule has 0 bridgehead atoms. The van der Waals surface area contributed by atoms with Gasteiger partial charge in [-0.15, -0.1) is 5.10 Å². The number of nitrogens with zero attached hydrogens (tertiary/aromatic N) is 2. The van der Waals surface area contributed by atoms with E-state index < -0.39 is 0 Å². The van der Waals surface area contributed by atoms with Crippen LogP contribution in [0.5, 0.6) is 0 Å². The van der Waals surface area contributed by atoms with Crippen LogP contribution in [0.25, 0.3) is 0 Å². The van der Waals surface area contributed by atoms with Crippen LogP contribution in [0.4, 0.5) is 4.39 Å². The summed E-state index contributed by atoms with van der Waals surface area (Å²) in [5.74, 6) is -0.400. The fourth-order valence-electron chi connectivity index (χ4n) is 2.42. The van der Waals surface area contributed by atoms with Crippen LogP contribution >= 0.6 is 11.8 Å². The number of aromatic nitrogens is 3. The second kappa shape index (κ2) is 7.10. The molecule has 0 amide bonds. The predicted octanol–water partition coefficient (Wildman–Crippen LogP) is 1.86. The van der Waals surface area contributed by atoms with Crippen LogP contribution in [0.1, 0.15) is 23.2 Å². The van der Waals surface area contributed by atoms with Gasteiger partial charge in [0.2, 0.25) is 0 Å². The van der Waals surface area contributed by atoms with Gasteiger partial charge in [-0.05, 0) is 37.1 Å². The molecule has 1 N–H and O–H groups in total. The zero-order valence-corrected chi connectivity index (χ0v) is 13.1. The molecule has 122 valence electrons. The minimum absolute atomic E-state index is 0.0115. The molecule has 0 unspecified atom stereocenters. The number of thioether (sulfide) groups is 1. The van der Waals surface area contributed by atoms with E-state index in [4.69, 9.17) is 4.74 Å². The van der Waals surface area contributed by atoms with Gasteiger partial charge in [-0.25, -0.2) is 14.3 Å². The maximum atomic E-state index is 12.9. The molecule has 2 heterocycles. The molecule has 1 aliphatic rings. The van der Waals surface area contributed by atoms with Gasteiger partial charge < -0.3 is 4.74 Å². The third-order valence-electron chi connectivity index (χ3n) is 3.63. The number of hydrogen-bond donors (Lipinski definition) is 1. The average Bonchev–Trinajstić information content (AvgIpc) is 3.18. The fourth-order valence-corrected chi connectivity index (χ4v) is 3.27. The van der Waals surface area contributed by atoms with Gasteiger partial charge in [0, 0.05) is 12.2 Å². The van der Waals surface area contributed by atoms with E-state index in [2.05, 4.69) is 10.2 Å². The van der Waals surface area contributed by atoms with Gasteiger partial charge in [-0.2, -0.15) is 0 Å². The number of carbonyl (C=O) groups is 1. The zero-order valence-electron chi connectivity index (χ0n) is 12.3. The smallest absolute Gasteiger partial charge is 0.344 e. The summed E-state index contributed by atoms with van der Waals surface area (Å²) in [5, 5.41) is 6.82. The monoisotopic (exact) mass is 337 g/mol. The lowest BCUT2D eigenvalue weighted by Crippen LogP contribution is -2.25. The molecule has 8 heteroatoms. The van der Waals surface area contributed by atoms with Gasteiger partial charge >= 0.3 is 5.69 Å². The first-order valence-electron chi connectivity index (χ1n) is 7.32. The van der Waals surface area contributed by atoms with Crippen molar-refractivity contribution in [2.75, 3.05) is 12.4 Å². The van der Waals surface area contributed by atoms with Crippen LogP contribution in [0.2, 0.25) is 0 Å². The summed E-state index contributed by atoms with van der Waals surface area (Å²) in [7, 11) is 0. The summed E-state index contributed by atoms with van der Waals surface area (Å²) >= 11 is 1.18. The topological polar surface area (TPSA) is 77.0 Å². The van der Waals surface area contributed by atoms with Crippen LogP contribution in [0, 0.1) is 5.82 Å². The van der Waals surface area contributed by atoms with E-state index in [1.165, 1.54) is 40.6 Å². The predicted molar refractivity (Wildman–Crippen MR) is 83.3 cm³/mol. The molecule has 0 spiro atoms. The molecule has 1 fully saturated rings. The lowest BCUT2D eigenvalue weighted by atomic mass is 10.1. The minimum Gasteiger partial charge on any atom is -0.376 e. The Morgan fingerprint density at radius 3 is 2.91 bits per heavy atom. The van der Waals surface area contributed by atoms with Gasteiger partial charge in [0.15, 0.2) is 10.9 Å². The first-order valence-corrected chi connectivity index (χ1v) is 8.30. The highest BCUT2D eigenvalue weighted by molar-refractivity contribution is 7.99. The van der Waals surface area contributed by atoms with E-state index in [0.717, 1.165) is 12.8 Å². The summed E-state index contributed by atoms with van der Waals surface area (Å²) < 4.78 is 19.9. The number of hydrogen-bond acceptors (Lipinski definition) is 5. The number of H-pyrrole nitrogens is 1. The number of nitrogens with one attached hydrogen (secondary N) is 1. The third kappa shape index (κ3) is 3.89. The lowest BCUT2D eigenvalue weighted by molar-refractivity contribution is 0.0941. The maximum absolute atomic E-state index is 12.9. The largest absolute Gasteiger partial charge is 0.376 e. The van der Waals surface area contributed by atoms with Gasteiger partial charge in [0.05, 0.1) is 18.4 Å². The van der Waals surface area contributed by atoms with Crippen molar-refractivity contribution in [1.29, 1.82) is 0 Å². The van der Waals surface area contributed by atoms with Crippen molar-refractivity contribution in [3.8, 4) is 0 Å². The second-order valence-corrected chi connectivity index (χ2v) is 6.22. The number of carbonyl (C=O) groups excluding carboxylic acids is 1. The Hall–Kier alpha value is -1.93. The summed E-state index contributed by atoms with van der Waals surface area (Å²) in [6, 6.07) is 5.39. The zero-order chi connectivity index (χ0) is 16.2. The van der Waals surface area contributed by atoms with E-state index in [0.29, 0.717) is 23.9 Å². The molecule has 0 saturated carbocycles. The Morgan fingerprint density at radius 1 is 1.43 bits per heavy atom. The molecule has 0 radical (unpaired) electrons. The van der Waals surface area contributed by atoms with E-state index in [9.17, 15) is 14.0 Å². The molecule has 6 nitrogen and oxygen atoms in total. The van der Waals surface area contributed by atoms with E-state index in [1.807, 2.05) is 0 Å². The molecule has 1 aromatic carbocycles. The molecule has 1 atom stereocenters. The van der Waals surface area contributed by atoms with Crippen LogP contribution in [-0.2, 0) is 11.3 Å². The maximum Gasteiger partial charge on any atom is 0.344 e. The first kappa shape index (κ1) is 15.9. The van der Waals surface area contributed by atoms with E-state index in [1.54, 1.807) is 0 Å². The first-order chi connectivity index (χ1) is 11.1. The number of benzene rings is 1. The Bertz CT molecular complexity index is 735. The molecule has 1 saturated heterocycles. The summed E-state index contributed by atoms with van der Waals surface area (Å²) in [5.41, 5.74) is 0.125. The van der Waals surface area contributed by atoms with E-state index >= 15 is 0 Å². The highest BCUT2D eigenvalue weighted by atomic mass is 32.2. The molecule has 3 rings (SSSR count). The normalized spacial score (nSPS) is 17.5. The van der Waals surface area contributed by atoms with Crippen molar-refractivity contribution in [2.45, 2.75) is 30.6 Å². The third-order valence-corrected chi connectivity index (χ3v) is 4.61. The van der Waals surface area contributed by atoms with Crippen molar-refractivity contribution in [3.63, 3.8) is 0 Å². The molecule has 23 heavy (non-hydrogen) atoms. The Morgan fingerprint density at radius 2 is 2.22 bits per heavy atom. The number of aromatic amines is 1. The molecular formula is C15H16FN3O3S. The standard InChI is InChI=1S/C15H16FN3O3S/c16-11-5-3-10(4-6-11)13(20)9-23-15-18-17-14(21)19(15)8-12-2-1-7-22-12/h3-6,12H,1-2,7-9H2,(H,17,21)/t12-/m0/s1. The SMILES string of the molecule is O=C(CSc1n[nH]c(=O)n1C[C@@H]1CCCO1)c1ccc(F)cc1. The van der Waals surface area contributed by atoms with Crippen LogP contribution in [0.3, 0.4) is 0 Å². The highest BCUT2D eigenvalue weighted by Crippen LogP contribution is 2.19. The molecule has 1 aromatic heterocycles. The fraction of sp³-hybridized carbons (Fsp3) is 0.400. The molecule has 0 aliphatic carbocycles. The Balaban J connectivity index is 1.64. The number of rotatable bonds is 6. The van der Waals surface area contributed by atoms with Crippen molar-refractivity contribution < 1.29 is 13.9 Å². The van der Waals surface area contributed by atoms with Crippen LogP contribution < -0.4 is 5.69 Å². The molecule has 1 aliphatic heterocycles. The number of Topliss-reactive ketones (excluding diaryl/α,β-unsaturated/α-hetero) is 1. The number of ketones is 1.